The van der Waals surface area contributed by atoms with Crippen molar-refractivity contribution in [2.75, 3.05) is 0 Å². The zero-order valence-electron chi connectivity index (χ0n) is 6.17. The maximum Gasteiger partial charge on any atom is 0.291 e. The summed E-state index contributed by atoms with van der Waals surface area (Å²) in [7, 11) is 0. The topological polar surface area (TPSA) is 107 Å². The fourth-order valence-corrected chi connectivity index (χ4v) is 1.14. The summed E-state index contributed by atoms with van der Waals surface area (Å²) in [6.07, 6.45) is -1.73. The SMILES string of the molecule is O=[N+]([O-])C(Br)CC(O)C(Br)[N+](=O)[O-]. The van der Waals surface area contributed by atoms with E-state index in [1.807, 2.05) is 0 Å². The Bertz CT molecular complexity index is 213. The monoisotopic (exact) mass is 320 g/mol. The van der Waals surface area contributed by atoms with Crippen LogP contribution in [0.15, 0.2) is 0 Å². The maximum atomic E-state index is 10.1. The van der Waals surface area contributed by atoms with Crippen molar-refractivity contribution in [1.29, 1.82) is 0 Å². The Balaban J connectivity index is 4.06. The smallest absolute Gasteiger partial charge is 0.291 e. The second-order valence-electron chi connectivity index (χ2n) is 2.18. The Morgan fingerprint density at radius 1 is 1.23 bits per heavy atom. The summed E-state index contributed by atoms with van der Waals surface area (Å²) < 4.78 is 0. The summed E-state index contributed by atoms with van der Waals surface area (Å²) in [5, 5.41) is 29.3. The molecule has 0 bridgehead atoms. The fraction of sp³-hybridized carbons (Fsp3) is 1.00. The van der Waals surface area contributed by atoms with Gasteiger partial charge in [0.2, 0.25) is 0 Å². The van der Waals surface area contributed by atoms with Crippen molar-refractivity contribution in [3.8, 4) is 0 Å². The van der Waals surface area contributed by atoms with Crippen LogP contribution in [-0.2, 0) is 0 Å². The average Bonchev–Trinajstić information content (AvgIpc) is 2.02. The van der Waals surface area contributed by atoms with Crippen molar-refractivity contribution in [3.63, 3.8) is 0 Å². The molecule has 0 spiro atoms. The molecule has 0 saturated heterocycles. The van der Waals surface area contributed by atoms with Gasteiger partial charge in [0.25, 0.3) is 9.90 Å². The standard InChI is InChI=1S/C4H6Br2N2O5/c5-3(7(10)11)1-2(9)4(6)8(12)13/h2-4,9H,1H2. The van der Waals surface area contributed by atoms with Crippen molar-refractivity contribution in [2.24, 2.45) is 0 Å². The van der Waals surface area contributed by atoms with E-state index in [2.05, 4.69) is 31.9 Å². The molecule has 0 aromatic heterocycles. The Morgan fingerprint density at radius 3 is 2.00 bits per heavy atom. The lowest BCUT2D eigenvalue weighted by Gasteiger charge is -2.10. The molecule has 0 aliphatic heterocycles. The highest BCUT2D eigenvalue weighted by molar-refractivity contribution is 9.09. The van der Waals surface area contributed by atoms with Crippen LogP contribution in [0, 0.1) is 20.2 Å². The van der Waals surface area contributed by atoms with Crippen LogP contribution in [0.25, 0.3) is 0 Å². The third kappa shape index (κ3) is 4.48. The highest BCUT2D eigenvalue weighted by Gasteiger charge is 2.31. The van der Waals surface area contributed by atoms with Gasteiger partial charge in [-0.2, -0.15) is 0 Å². The van der Waals surface area contributed by atoms with E-state index in [0.29, 0.717) is 0 Å². The normalized spacial score (nSPS) is 17.5. The number of nitro groups is 2. The van der Waals surface area contributed by atoms with Crippen LogP contribution in [0.3, 0.4) is 0 Å². The molecule has 3 atom stereocenters. The molecule has 1 N–H and O–H groups in total. The molecule has 0 saturated carbocycles. The Morgan fingerprint density at radius 2 is 1.69 bits per heavy atom. The quantitative estimate of drug-likeness (QED) is 0.348. The van der Waals surface area contributed by atoms with Crippen LogP contribution in [0.2, 0.25) is 0 Å². The van der Waals surface area contributed by atoms with Crippen LogP contribution in [0.5, 0.6) is 0 Å². The first-order valence-electron chi connectivity index (χ1n) is 3.09. The third-order valence-electron chi connectivity index (χ3n) is 1.18. The Kier molecular flexibility index (Phi) is 5.33. The van der Waals surface area contributed by atoms with E-state index in [0.717, 1.165) is 0 Å². The van der Waals surface area contributed by atoms with Gasteiger partial charge < -0.3 is 5.11 Å². The van der Waals surface area contributed by atoms with E-state index in [-0.39, 0.29) is 6.42 Å². The van der Waals surface area contributed by atoms with Crippen molar-refractivity contribution in [1.82, 2.24) is 0 Å². The van der Waals surface area contributed by atoms with Crippen LogP contribution < -0.4 is 0 Å². The summed E-state index contributed by atoms with van der Waals surface area (Å²) in [5.74, 6) is 0. The largest absolute Gasteiger partial charge is 0.385 e. The predicted octanol–water partition coefficient (Wildman–Crippen LogP) is 0.733. The number of nitrogens with zero attached hydrogens (tertiary/aromatic N) is 2. The van der Waals surface area contributed by atoms with E-state index in [1.54, 1.807) is 0 Å². The Labute approximate surface area is 89.7 Å². The van der Waals surface area contributed by atoms with Gasteiger partial charge in [-0.1, -0.05) is 0 Å². The maximum absolute atomic E-state index is 10.1. The molecule has 0 heterocycles. The van der Waals surface area contributed by atoms with Crippen molar-refractivity contribution in [3.05, 3.63) is 20.2 Å². The Hall–Kier alpha value is -0.280. The number of hydrogen-bond donors (Lipinski definition) is 1. The summed E-state index contributed by atoms with van der Waals surface area (Å²) >= 11 is 5.25. The van der Waals surface area contributed by atoms with Crippen LogP contribution in [0.1, 0.15) is 6.42 Å². The van der Waals surface area contributed by atoms with E-state index < -0.39 is 25.9 Å². The first kappa shape index (κ1) is 12.7. The molecule has 0 aromatic rings. The predicted molar refractivity (Wildman–Crippen MR) is 50.0 cm³/mol. The molecule has 9 heteroatoms. The molecule has 0 rings (SSSR count). The lowest BCUT2D eigenvalue weighted by Crippen LogP contribution is -2.32. The molecule has 0 amide bonds. The number of halogens is 2. The summed E-state index contributed by atoms with van der Waals surface area (Å²) in [5.41, 5.74) is 0. The highest BCUT2D eigenvalue weighted by atomic mass is 79.9. The van der Waals surface area contributed by atoms with Gasteiger partial charge >= 0.3 is 0 Å². The van der Waals surface area contributed by atoms with Gasteiger partial charge in [0.15, 0.2) is 0 Å². The molecule has 0 aromatic carbocycles. The van der Waals surface area contributed by atoms with Crippen molar-refractivity contribution < 1.29 is 15.0 Å². The highest BCUT2D eigenvalue weighted by Crippen LogP contribution is 2.16. The van der Waals surface area contributed by atoms with Gasteiger partial charge in [-0.05, 0) is 31.9 Å². The zero-order chi connectivity index (χ0) is 10.6. The molecule has 13 heavy (non-hydrogen) atoms. The molecule has 7 nitrogen and oxygen atoms in total. The minimum absolute atomic E-state index is 0.329. The fourth-order valence-electron chi connectivity index (χ4n) is 0.538. The number of hydrogen-bond acceptors (Lipinski definition) is 5. The van der Waals surface area contributed by atoms with Gasteiger partial charge in [-0.15, -0.1) is 0 Å². The van der Waals surface area contributed by atoms with Crippen molar-refractivity contribution >= 4 is 31.9 Å². The molecule has 0 fully saturated rings. The number of aliphatic hydroxyl groups is 1. The molecule has 3 unspecified atom stereocenters. The molecular weight excluding hydrogens is 316 g/mol. The zero-order valence-corrected chi connectivity index (χ0v) is 9.34. The second-order valence-corrected chi connectivity index (χ2v) is 4.18. The molecule has 0 radical (unpaired) electrons. The van der Waals surface area contributed by atoms with E-state index in [1.165, 1.54) is 0 Å². The summed E-state index contributed by atoms with van der Waals surface area (Å²) in [6.45, 7) is 0. The first-order chi connectivity index (χ1) is 5.86. The minimum atomic E-state index is -1.40. The molecule has 0 aliphatic carbocycles. The van der Waals surface area contributed by atoms with Crippen LogP contribution in [0.4, 0.5) is 0 Å². The average molecular weight is 322 g/mol. The number of rotatable bonds is 5. The summed E-state index contributed by atoms with van der Waals surface area (Å²) in [6, 6.07) is 0. The van der Waals surface area contributed by atoms with Crippen molar-refractivity contribution in [2.45, 2.75) is 22.4 Å². The van der Waals surface area contributed by atoms with Gasteiger partial charge in [-0.25, -0.2) is 0 Å². The first-order valence-corrected chi connectivity index (χ1v) is 4.92. The van der Waals surface area contributed by atoms with Crippen LogP contribution in [-0.4, -0.2) is 31.0 Å². The molecule has 0 aliphatic rings. The van der Waals surface area contributed by atoms with E-state index in [4.69, 9.17) is 5.11 Å². The molecule has 76 valence electrons. The number of aliphatic hydroxyl groups excluding tert-OH is 1. The summed E-state index contributed by atoms with van der Waals surface area (Å²) in [4.78, 5) is 16.2. The molecular formula is C4H6Br2N2O5. The van der Waals surface area contributed by atoms with Gasteiger partial charge in [0, 0.05) is 9.85 Å². The third-order valence-corrected chi connectivity index (χ3v) is 2.84. The van der Waals surface area contributed by atoms with Gasteiger partial charge in [-0.3, -0.25) is 20.2 Å². The minimum Gasteiger partial charge on any atom is -0.385 e. The van der Waals surface area contributed by atoms with E-state index >= 15 is 0 Å². The van der Waals surface area contributed by atoms with Crippen LogP contribution >= 0.6 is 31.9 Å². The number of alkyl halides is 2. The van der Waals surface area contributed by atoms with Gasteiger partial charge in [0.05, 0.1) is 6.42 Å². The lowest BCUT2D eigenvalue weighted by molar-refractivity contribution is -0.516. The lowest BCUT2D eigenvalue weighted by atomic mass is 10.2. The van der Waals surface area contributed by atoms with E-state index in [9.17, 15) is 20.2 Å². The second kappa shape index (κ2) is 5.45. The van der Waals surface area contributed by atoms with Gasteiger partial charge in [0.1, 0.15) is 6.10 Å².